The molecule has 1 aliphatic carbocycles. The van der Waals surface area contributed by atoms with Crippen LogP contribution >= 0.6 is 0 Å². The lowest BCUT2D eigenvalue weighted by atomic mass is 10.1. The first-order valence-electron chi connectivity index (χ1n) is 6.33. The summed E-state index contributed by atoms with van der Waals surface area (Å²) in [4.78, 5) is 0. The SMILES string of the molecule is CC(CNCc1ccc(C(F)(F)F)cc1)C1CC1. The maximum Gasteiger partial charge on any atom is 0.416 e. The van der Waals surface area contributed by atoms with Gasteiger partial charge >= 0.3 is 6.18 Å². The third-order valence-corrected chi connectivity index (χ3v) is 3.50. The third kappa shape index (κ3) is 3.73. The number of hydrogen-bond acceptors (Lipinski definition) is 1. The summed E-state index contributed by atoms with van der Waals surface area (Å²) in [6, 6.07) is 5.36. The van der Waals surface area contributed by atoms with Crippen molar-refractivity contribution in [1.29, 1.82) is 0 Å². The lowest BCUT2D eigenvalue weighted by Crippen LogP contribution is -2.21. The number of rotatable bonds is 5. The largest absolute Gasteiger partial charge is 0.416 e. The van der Waals surface area contributed by atoms with Crippen molar-refractivity contribution in [3.63, 3.8) is 0 Å². The van der Waals surface area contributed by atoms with E-state index < -0.39 is 11.7 Å². The Balaban J connectivity index is 1.79. The summed E-state index contributed by atoms with van der Waals surface area (Å²) in [6.07, 6.45) is -1.60. The summed E-state index contributed by atoms with van der Waals surface area (Å²) < 4.78 is 37.1. The molecule has 1 unspecified atom stereocenters. The van der Waals surface area contributed by atoms with Crippen LogP contribution in [0.3, 0.4) is 0 Å². The monoisotopic (exact) mass is 257 g/mol. The second-order valence-electron chi connectivity index (χ2n) is 5.14. The molecule has 1 fully saturated rings. The van der Waals surface area contributed by atoms with Crippen LogP contribution in [0.15, 0.2) is 24.3 Å². The Morgan fingerprint density at radius 2 is 1.83 bits per heavy atom. The molecule has 0 aliphatic heterocycles. The molecule has 2 rings (SSSR count). The molecule has 0 spiro atoms. The predicted molar refractivity (Wildman–Crippen MR) is 65.0 cm³/mol. The Kier molecular flexibility index (Phi) is 3.95. The summed E-state index contributed by atoms with van der Waals surface area (Å²) in [6.45, 7) is 3.79. The normalized spacial score (nSPS) is 17.8. The van der Waals surface area contributed by atoms with Crippen molar-refractivity contribution in [3.8, 4) is 0 Å². The van der Waals surface area contributed by atoms with Crippen molar-refractivity contribution < 1.29 is 13.2 Å². The molecule has 0 radical (unpaired) electrons. The molecule has 1 aliphatic rings. The van der Waals surface area contributed by atoms with E-state index in [1.54, 1.807) is 0 Å². The van der Waals surface area contributed by atoms with Gasteiger partial charge in [-0.05, 0) is 48.9 Å². The first kappa shape index (κ1) is 13.4. The second-order valence-corrected chi connectivity index (χ2v) is 5.14. The fourth-order valence-electron chi connectivity index (χ4n) is 2.09. The van der Waals surface area contributed by atoms with Gasteiger partial charge in [0.2, 0.25) is 0 Å². The number of alkyl halides is 3. The van der Waals surface area contributed by atoms with Gasteiger partial charge in [0.1, 0.15) is 0 Å². The smallest absolute Gasteiger partial charge is 0.312 e. The van der Waals surface area contributed by atoms with E-state index in [2.05, 4.69) is 12.2 Å². The second kappa shape index (κ2) is 5.31. The van der Waals surface area contributed by atoms with Crippen molar-refractivity contribution in [2.45, 2.75) is 32.5 Å². The van der Waals surface area contributed by atoms with Gasteiger partial charge in [-0.1, -0.05) is 19.1 Å². The Bertz CT molecular complexity index is 379. The van der Waals surface area contributed by atoms with Crippen LogP contribution in [0.5, 0.6) is 0 Å². The molecule has 1 aromatic carbocycles. The molecular weight excluding hydrogens is 239 g/mol. The van der Waals surface area contributed by atoms with Crippen LogP contribution in [0.4, 0.5) is 13.2 Å². The highest BCUT2D eigenvalue weighted by atomic mass is 19.4. The molecule has 0 heterocycles. The van der Waals surface area contributed by atoms with Gasteiger partial charge in [-0.3, -0.25) is 0 Å². The van der Waals surface area contributed by atoms with Gasteiger partial charge in [-0.25, -0.2) is 0 Å². The van der Waals surface area contributed by atoms with Crippen molar-refractivity contribution >= 4 is 0 Å². The molecule has 0 saturated heterocycles. The summed E-state index contributed by atoms with van der Waals surface area (Å²) in [5, 5.41) is 3.30. The molecule has 4 heteroatoms. The van der Waals surface area contributed by atoms with E-state index in [4.69, 9.17) is 0 Å². The highest BCUT2D eigenvalue weighted by Gasteiger charge is 2.30. The van der Waals surface area contributed by atoms with Crippen LogP contribution in [-0.4, -0.2) is 6.54 Å². The van der Waals surface area contributed by atoms with Gasteiger partial charge in [0, 0.05) is 6.54 Å². The van der Waals surface area contributed by atoms with E-state index in [-0.39, 0.29) is 0 Å². The lowest BCUT2D eigenvalue weighted by molar-refractivity contribution is -0.137. The number of hydrogen-bond donors (Lipinski definition) is 1. The Morgan fingerprint density at radius 3 is 2.33 bits per heavy atom. The standard InChI is InChI=1S/C14H18F3N/c1-10(12-4-5-12)8-18-9-11-2-6-13(7-3-11)14(15,16)17/h2-3,6-7,10,12,18H,4-5,8-9H2,1H3. The maximum absolute atomic E-state index is 12.4. The molecule has 1 saturated carbocycles. The zero-order chi connectivity index (χ0) is 13.2. The molecule has 0 amide bonds. The van der Waals surface area contributed by atoms with Gasteiger partial charge in [-0.2, -0.15) is 13.2 Å². The quantitative estimate of drug-likeness (QED) is 0.845. The molecular formula is C14H18F3N. The molecule has 0 bridgehead atoms. The van der Waals surface area contributed by atoms with E-state index >= 15 is 0 Å². The third-order valence-electron chi connectivity index (χ3n) is 3.50. The molecule has 18 heavy (non-hydrogen) atoms. The minimum Gasteiger partial charge on any atom is -0.312 e. The van der Waals surface area contributed by atoms with E-state index in [9.17, 15) is 13.2 Å². The van der Waals surface area contributed by atoms with Crippen LogP contribution < -0.4 is 5.32 Å². The minimum absolute atomic E-state index is 0.586. The summed E-state index contributed by atoms with van der Waals surface area (Å²) in [5.74, 6) is 1.52. The molecule has 1 atom stereocenters. The Labute approximate surface area is 105 Å². The van der Waals surface area contributed by atoms with Crippen LogP contribution in [0.25, 0.3) is 0 Å². The van der Waals surface area contributed by atoms with E-state index in [0.717, 1.165) is 30.2 Å². The fraction of sp³-hybridized carbons (Fsp3) is 0.571. The molecule has 1 aromatic rings. The first-order chi connectivity index (χ1) is 8.47. The summed E-state index contributed by atoms with van der Waals surface area (Å²) in [5.41, 5.74) is 0.309. The predicted octanol–water partition coefficient (Wildman–Crippen LogP) is 3.84. The number of halogens is 3. The van der Waals surface area contributed by atoms with Crippen LogP contribution in [0, 0.1) is 11.8 Å². The average molecular weight is 257 g/mol. The Morgan fingerprint density at radius 1 is 1.22 bits per heavy atom. The molecule has 1 nitrogen and oxygen atoms in total. The van der Waals surface area contributed by atoms with Crippen LogP contribution in [0.2, 0.25) is 0 Å². The van der Waals surface area contributed by atoms with Gasteiger partial charge in [0.15, 0.2) is 0 Å². The lowest BCUT2D eigenvalue weighted by Gasteiger charge is -2.12. The number of benzene rings is 1. The highest BCUT2D eigenvalue weighted by molar-refractivity contribution is 5.24. The summed E-state index contributed by atoms with van der Waals surface area (Å²) in [7, 11) is 0. The molecule has 100 valence electrons. The molecule has 1 N–H and O–H groups in total. The Hall–Kier alpha value is -1.03. The summed E-state index contributed by atoms with van der Waals surface area (Å²) >= 11 is 0. The zero-order valence-corrected chi connectivity index (χ0v) is 10.4. The minimum atomic E-state index is -4.24. The fourth-order valence-corrected chi connectivity index (χ4v) is 2.09. The van der Waals surface area contributed by atoms with E-state index in [0.29, 0.717) is 12.5 Å². The van der Waals surface area contributed by atoms with Crippen molar-refractivity contribution in [3.05, 3.63) is 35.4 Å². The van der Waals surface area contributed by atoms with Crippen LogP contribution in [-0.2, 0) is 12.7 Å². The topological polar surface area (TPSA) is 12.0 Å². The van der Waals surface area contributed by atoms with Gasteiger partial charge in [-0.15, -0.1) is 0 Å². The average Bonchev–Trinajstić information content (AvgIpc) is 3.12. The van der Waals surface area contributed by atoms with E-state index in [1.165, 1.54) is 25.0 Å². The van der Waals surface area contributed by atoms with Crippen molar-refractivity contribution in [2.75, 3.05) is 6.54 Å². The number of nitrogens with one attached hydrogen (secondary N) is 1. The van der Waals surface area contributed by atoms with Gasteiger partial charge < -0.3 is 5.32 Å². The highest BCUT2D eigenvalue weighted by Crippen LogP contribution is 2.36. The van der Waals surface area contributed by atoms with Gasteiger partial charge in [0.25, 0.3) is 0 Å². The maximum atomic E-state index is 12.4. The first-order valence-corrected chi connectivity index (χ1v) is 6.33. The van der Waals surface area contributed by atoms with Crippen molar-refractivity contribution in [1.82, 2.24) is 5.32 Å². The van der Waals surface area contributed by atoms with Crippen molar-refractivity contribution in [2.24, 2.45) is 11.8 Å². The van der Waals surface area contributed by atoms with E-state index in [1.807, 2.05) is 0 Å². The van der Waals surface area contributed by atoms with Crippen LogP contribution in [0.1, 0.15) is 30.9 Å². The zero-order valence-electron chi connectivity index (χ0n) is 10.4. The molecule has 0 aromatic heterocycles. The van der Waals surface area contributed by atoms with Gasteiger partial charge in [0.05, 0.1) is 5.56 Å².